The summed E-state index contributed by atoms with van der Waals surface area (Å²) >= 11 is 1.76. The quantitative estimate of drug-likeness (QED) is 0.665. The van der Waals surface area contributed by atoms with Crippen LogP contribution in [0.15, 0.2) is 0 Å². The molecule has 60 valence electrons. The van der Waals surface area contributed by atoms with E-state index in [2.05, 4.69) is 0 Å². The van der Waals surface area contributed by atoms with Gasteiger partial charge in [0.05, 0.1) is 12.7 Å². The van der Waals surface area contributed by atoms with Crippen molar-refractivity contribution in [3.05, 3.63) is 0 Å². The Morgan fingerprint density at radius 1 is 1.70 bits per heavy atom. The normalized spacial score (nSPS) is 24.3. The highest BCUT2D eigenvalue weighted by Crippen LogP contribution is 2.49. The molecule has 10 heavy (non-hydrogen) atoms. The fourth-order valence-electron chi connectivity index (χ4n) is 1.11. The lowest BCUT2D eigenvalue weighted by atomic mass is 10.2. The van der Waals surface area contributed by atoms with Gasteiger partial charge in [0, 0.05) is 11.9 Å². The minimum atomic E-state index is -0.271. The van der Waals surface area contributed by atoms with Gasteiger partial charge < -0.3 is 9.84 Å². The molecule has 0 aromatic heterocycles. The Bertz CT molecular complexity index is 112. The lowest BCUT2D eigenvalue weighted by Crippen LogP contribution is -2.29. The molecule has 0 saturated heterocycles. The fraction of sp³-hybridized carbons (Fsp3) is 1.00. The number of hydrogen-bond donors (Lipinski definition) is 1. The zero-order valence-electron chi connectivity index (χ0n) is 6.46. The fourth-order valence-corrected chi connectivity index (χ4v) is 1.96. The number of aliphatic hydroxyl groups is 1. The van der Waals surface area contributed by atoms with Crippen molar-refractivity contribution >= 4 is 11.8 Å². The van der Waals surface area contributed by atoms with Crippen LogP contribution in [0.2, 0.25) is 0 Å². The van der Waals surface area contributed by atoms with E-state index in [9.17, 15) is 5.11 Å². The first-order chi connectivity index (χ1) is 4.75. The van der Waals surface area contributed by atoms with Crippen LogP contribution in [0.5, 0.6) is 0 Å². The van der Waals surface area contributed by atoms with Crippen LogP contribution in [0.1, 0.15) is 12.8 Å². The number of thioether (sulfide) groups is 1. The maximum Gasteiger partial charge on any atom is 0.0919 e. The summed E-state index contributed by atoms with van der Waals surface area (Å²) in [7, 11) is 1.62. The van der Waals surface area contributed by atoms with Crippen molar-refractivity contribution in [2.24, 2.45) is 0 Å². The van der Waals surface area contributed by atoms with Crippen molar-refractivity contribution in [1.29, 1.82) is 0 Å². The van der Waals surface area contributed by atoms with E-state index in [1.807, 2.05) is 6.26 Å². The van der Waals surface area contributed by atoms with E-state index in [0.717, 1.165) is 12.8 Å². The molecule has 0 bridgehead atoms. The van der Waals surface area contributed by atoms with Gasteiger partial charge in [-0.2, -0.15) is 11.8 Å². The summed E-state index contributed by atoms with van der Waals surface area (Å²) in [5.41, 5.74) is 0. The summed E-state index contributed by atoms with van der Waals surface area (Å²) in [6.07, 6.45) is 4.05. The maximum absolute atomic E-state index is 9.49. The van der Waals surface area contributed by atoms with Crippen molar-refractivity contribution in [3.63, 3.8) is 0 Å². The van der Waals surface area contributed by atoms with Crippen LogP contribution in [-0.2, 0) is 4.74 Å². The molecule has 0 aromatic carbocycles. The van der Waals surface area contributed by atoms with Gasteiger partial charge in [0.15, 0.2) is 0 Å². The maximum atomic E-state index is 9.49. The summed E-state index contributed by atoms with van der Waals surface area (Å²) < 4.78 is 5.02. The van der Waals surface area contributed by atoms with E-state index in [1.165, 1.54) is 0 Å². The van der Waals surface area contributed by atoms with Gasteiger partial charge >= 0.3 is 0 Å². The average Bonchev–Trinajstić information content (AvgIpc) is 2.68. The predicted molar refractivity (Wildman–Crippen MR) is 43.4 cm³/mol. The molecule has 3 heteroatoms. The van der Waals surface area contributed by atoms with E-state index in [-0.39, 0.29) is 10.9 Å². The van der Waals surface area contributed by atoms with E-state index in [4.69, 9.17) is 4.74 Å². The summed E-state index contributed by atoms with van der Waals surface area (Å²) in [4.78, 5) is 0. The molecule has 0 aromatic rings. The Hall–Kier alpha value is 0.270. The van der Waals surface area contributed by atoms with E-state index in [0.29, 0.717) is 6.61 Å². The second-order valence-corrected chi connectivity index (χ2v) is 3.96. The molecule has 1 N–H and O–H groups in total. The first-order valence-electron chi connectivity index (χ1n) is 3.47. The predicted octanol–water partition coefficient (Wildman–Crippen LogP) is 0.889. The zero-order valence-corrected chi connectivity index (χ0v) is 7.28. The first kappa shape index (κ1) is 8.37. The van der Waals surface area contributed by atoms with Gasteiger partial charge in [0.25, 0.3) is 0 Å². The Balaban J connectivity index is 2.32. The Morgan fingerprint density at radius 2 is 2.30 bits per heavy atom. The highest BCUT2D eigenvalue weighted by molar-refractivity contribution is 8.00. The molecule has 0 heterocycles. The molecule has 0 radical (unpaired) electrons. The van der Waals surface area contributed by atoms with Crippen LogP contribution in [0.4, 0.5) is 0 Å². The molecule has 1 atom stereocenters. The van der Waals surface area contributed by atoms with Crippen LogP contribution >= 0.6 is 11.8 Å². The first-order valence-corrected chi connectivity index (χ1v) is 4.70. The van der Waals surface area contributed by atoms with Crippen molar-refractivity contribution in [1.82, 2.24) is 0 Å². The minimum absolute atomic E-state index is 0.149. The molecule has 0 aliphatic heterocycles. The van der Waals surface area contributed by atoms with Crippen LogP contribution in [-0.4, -0.2) is 35.9 Å². The molecule has 1 aliphatic carbocycles. The van der Waals surface area contributed by atoms with Crippen LogP contribution in [0.25, 0.3) is 0 Å². The number of aliphatic hydroxyl groups excluding tert-OH is 1. The minimum Gasteiger partial charge on any atom is -0.389 e. The number of methoxy groups -OCH3 is 1. The lowest BCUT2D eigenvalue weighted by Gasteiger charge is -2.18. The Morgan fingerprint density at radius 3 is 2.60 bits per heavy atom. The molecule has 0 amide bonds. The smallest absolute Gasteiger partial charge is 0.0919 e. The molecule has 1 rings (SSSR count). The molecular formula is C7H14O2S. The van der Waals surface area contributed by atoms with Gasteiger partial charge in [-0.1, -0.05) is 0 Å². The SMILES string of the molecule is COCC(O)C1(SC)CC1. The number of ether oxygens (including phenoxy) is 1. The summed E-state index contributed by atoms with van der Waals surface area (Å²) in [6, 6.07) is 0. The molecular weight excluding hydrogens is 148 g/mol. The van der Waals surface area contributed by atoms with Gasteiger partial charge in [-0.05, 0) is 19.1 Å². The molecule has 1 fully saturated rings. The Labute approximate surface area is 66.0 Å². The van der Waals surface area contributed by atoms with Crippen LogP contribution in [0.3, 0.4) is 0 Å². The third-order valence-corrected chi connectivity index (χ3v) is 3.57. The van der Waals surface area contributed by atoms with Gasteiger partial charge in [0.2, 0.25) is 0 Å². The molecule has 1 saturated carbocycles. The average molecular weight is 162 g/mol. The standard InChI is InChI=1S/C7H14O2S/c1-9-5-6(8)7(10-2)3-4-7/h6,8H,3-5H2,1-2H3. The zero-order chi connectivity index (χ0) is 7.61. The lowest BCUT2D eigenvalue weighted by molar-refractivity contribution is 0.0588. The molecule has 1 aliphatic rings. The third kappa shape index (κ3) is 1.47. The monoisotopic (exact) mass is 162 g/mol. The second-order valence-electron chi connectivity index (χ2n) is 2.74. The van der Waals surface area contributed by atoms with Crippen molar-refractivity contribution < 1.29 is 9.84 Å². The van der Waals surface area contributed by atoms with E-state index in [1.54, 1.807) is 18.9 Å². The highest BCUT2D eigenvalue weighted by Gasteiger charge is 2.48. The van der Waals surface area contributed by atoms with Crippen LogP contribution < -0.4 is 0 Å². The number of hydrogen-bond acceptors (Lipinski definition) is 3. The number of rotatable bonds is 4. The summed E-state index contributed by atoms with van der Waals surface area (Å²) in [6.45, 7) is 0.473. The Kier molecular flexibility index (Phi) is 2.61. The van der Waals surface area contributed by atoms with Gasteiger partial charge in [-0.25, -0.2) is 0 Å². The van der Waals surface area contributed by atoms with Gasteiger partial charge in [0.1, 0.15) is 0 Å². The summed E-state index contributed by atoms with van der Waals surface area (Å²) in [5.74, 6) is 0. The van der Waals surface area contributed by atoms with E-state index < -0.39 is 0 Å². The molecule has 0 spiro atoms. The van der Waals surface area contributed by atoms with Crippen molar-refractivity contribution in [2.45, 2.75) is 23.7 Å². The third-order valence-electron chi connectivity index (χ3n) is 2.08. The molecule has 1 unspecified atom stereocenters. The highest BCUT2D eigenvalue weighted by atomic mass is 32.2. The second kappa shape index (κ2) is 3.11. The van der Waals surface area contributed by atoms with Crippen LogP contribution in [0, 0.1) is 0 Å². The van der Waals surface area contributed by atoms with Gasteiger partial charge in [-0.15, -0.1) is 0 Å². The largest absolute Gasteiger partial charge is 0.389 e. The van der Waals surface area contributed by atoms with Gasteiger partial charge in [-0.3, -0.25) is 0 Å². The molecule has 2 nitrogen and oxygen atoms in total. The van der Waals surface area contributed by atoms with Crippen molar-refractivity contribution in [2.75, 3.05) is 20.0 Å². The van der Waals surface area contributed by atoms with Crippen molar-refractivity contribution in [3.8, 4) is 0 Å². The van der Waals surface area contributed by atoms with E-state index >= 15 is 0 Å². The summed E-state index contributed by atoms with van der Waals surface area (Å²) in [5, 5.41) is 9.49. The topological polar surface area (TPSA) is 29.5 Å².